The third-order valence-electron chi connectivity index (χ3n) is 2.54. The zero-order chi connectivity index (χ0) is 13.0. The molecule has 1 heterocycles. The van der Waals surface area contributed by atoms with E-state index in [1.165, 1.54) is 12.1 Å². The van der Waals surface area contributed by atoms with Gasteiger partial charge in [-0.2, -0.15) is 0 Å². The van der Waals surface area contributed by atoms with Gasteiger partial charge in [-0.1, -0.05) is 30.0 Å². The Morgan fingerprint density at radius 2 is 2.06 bits per heavy atom. The number of hydrogen-bond donors (Lipinski definition) is 1. The number of hydrogen-bond acceptors (Lipinski definition) is 3. The summed E-state index contributed by atoms with van der Waals surface area (Å²) in [5.41, 5.74) is 6.89. The topological polar surface area (TPSA) is 38.9 Å². The van der Waals surface area contributed by atoms with Crippen LogP contribution in [-0.2, 0) is 0 Å². The molecule has 1 aromatic heterocycles. The number of pyridine rings is 1. The largest absolute Gasteiger partial charge is 0.327 e. The lowest BCUT2D eigenvalue weighted by molar-refractivity contribution is 0.621. The second-order valence-electron chi connectivity index (χ2n) is 4.12. The molecule has 0 saturated heterocycles. The number of benzene rings is 1. The van der Waals surface area contributed by atoms with Gasteiger partial charge in [0.25, 0.3) is 0 Å². The zero-order valence-electron chi connectivity index (χ0n) is 10.1. The monoisotopic (exact) mass is 262 g/mol. The fraction of sp³-hybridized carbons (Fsp3) is 0.214. The molecule has 0 aliphatic rings. The van der Waals surface area contributed by atoms with Gasteiger partial charge in [0.1, 0.15) is 5.82 Å². The summed E-state index contributed by atoms with van der Waals surface area (Å²) in [7, 11) is 0. The van der Waals surface area contributed by atoms with Gasteiger partial charge >= 0.3 is 0 Å². The van der Waals surface area contributed by atoms with Crippen molar-refractivity contribution >= 4 is 11.8 Å². The van der Waals surface area contributed by atoms with Gasteiger partial charge < -0.3 is 5.73 Å². The third kappa shape index (κ3) is 3.31. The SMILES string of the molecule is CC(N)C(Sc1ccccn1)c1cccc(F)c1. The minimum absolute atomic E-state index is 0.00407. The smallest absolute Gasteiger partial charge is 0.123 e. The maximum atomic E-state index is 13.3. The predicted molar refractivity (Wildman–Crippen MR) is 72.9 cm³/mol. The van der Waals surface area contributed by atoms with Crippen molar-refractivity contribution in [3.05, 3.63) is 60.0 Å². The number of nitrogens with zero attached hydrogens (tertiary/aromatic N) is 1. The summed E-state index contributed by atoms with van der Waals surface area (Å²) in [6, 6.07) is 12.2. The van der Waals surface area contributed by atoms with Gasteiger partial charge in [0, 0.05) is 12.2 Å². The van der Waals surface area contributed by atoms with Gasteiger partial charge in [-0.3, -0.25) is 0 Å². The minimum atomic E-state index is -0.236. The highest BCUT2D eigenvalue weighted by atomic mass is 32.2. The van der Waals surface area contributed by atoms with Crippen LogP contribution in [0.25, 0.3) is 0 Å². The molecule has 4 heteroatoms. The molecule has 1 aromatic carbocycles. The van der Waals surface area contributed by atoms with Crippen LogP contribution in [0, 0.1) is 5.82 Å². The summed E-state index contributed by atoms with van der Waals surface area (Å²) >= 11 is 1.56. The van der Waals surface area contributed by atoms with Crippen molar-refractivity contribution < 1.29 is 4.39 Å². The molecule has 2 unspecified atom stereocenters. The predicted octanol–water partition coefficient (Wildman–Crippen LogP) is 3.40. The molecule has 0 aliphatic heterocycles. The van der Waals surface area contributed by atoms with E-state index in [-0.39, 0.29) is 17.1 Å². The van der Waals surface area contributed by atoms with E-state index in [1.54, 1.807) is 24.0 Å². The minimum Gasteiger partial charge on any atom is -0.327 e. The Morgan fingerprint density at radius 3 is 2.67 bits per heavy atom. The molecule has 0 spiro atoms. The molecule has 2 rings (SSSR count). The number of aromatic nitrogens is 1. The van der Waals surface area contributed by atoms with Crippen LogP contribution in [-0.4, -0.2) is 11.0 Å². The standard InChI is InChI=1S/C14H15FN2S/c1-10(16)14(11-5-4-6-12(15)9-11)18-13-7-2-3-8-17-13/h2-10,14H,16H2,1H3. The summed E-state index contributed by atoms with van der Waals surface area (Å²) in [6.07, 6.45) is 1.74. The molecule has 2 atom stereocenters. The van der Waals surface area contributed by atoms with E-state index in [0.29, 0.717) is 0 Å². The van der Waals surface area contributed by atoms with E-state index in [1.807, 2.05) is 31.2 Å². The fourth-order valence-corrected chi connectivity index (χ4v) is 2.75. The molecule has 94 valence electrons. The maximum Gasteiger partial charge on any atom is 0.123 e. The Morgan fingerprint density at radius 1 is 1.22 bits per heavy atom. The Kier molecular flexibility index (Phi) is 4.33. The highest BCUT2D eigenvalue weighted by molar-refractivity contribution is 7.99. The van der Waals surface area contributed by atoms with Gasteiger partial charge in [-0.05, 0) is 36.8 Å². The second-order valence-corrected chi connectivity index (χ2v) is 5.28. The Bertz CT molecular complexity index is 502. The number of thioether (sulfide) groups is 1. The zero-order valence-corrected chi connectivity index (χ0v) is 10.9. The molecule has 2 aromatic rings. The van der Waals surface area contributed by atoms with E-state index >= 15 is 0 Å². The van der Waals surface area contributed by atoms with Crippen LogP contribution in [0.1, 0.15) is 17.7 Å². The van der Waals surface area contributed by atoms with Crippen LogP contribution in [0.3, 0.4) is 0 Å². The van der Waals surface area contributed by atoms with Crippen molar-refractivity contribution in [1.29, 1.82) is 0 Å². The first kappa shape index (κ1) is 13.1. The van der Waals surface area contributed by atoms with Crippen LogP contribution in [0.4, 0.5) is 4.39 Å². The summed E-state index contributed by atoms with van der Waals surface area (Å²) in [4.78, 5) is 4.26. The fourth-order valence-electron chi connectivity index (χ4n) is 1.71. The van der Waals surface area contributed by atoms with Gasteiger partial charge in [0.2, 0.25) is 0 Å². The summed E-state index contributed by atoms with van der Waals surface area (Å²) in [5.74, 6) is -0.236. The van der Waals surface area contributed by atoms with Gasteiger partial charge in [-0.25, -0.2) is 9.37 Å². The third-order valence-corrected chi connectivity index (χ3v) is 3.98. The molecular formula is C14H15FN2S. The maximum absolute atomic E-state index is 13.3. The van der Waals surface area contributed by atoms with Gasteiger partial charge in [-0.15, -0.1) is 0 Å². The van der Waals surface area contributed by atoms with Crippen LogP contribution in [0.5, 0.6) is 0 Å². The quantitative estimate of drug-likeness (QED) is 0.858. The van der Waals surface area contributed by atoms with Crippen molar-refractivity contribution in [2.24, 2.45) is 5.73 Å². The van der Waals surface area contributed by atoms with Crippen molar-refractivity contribution in [3.8, 4) is 0 Å². The lowest BCUT2D eigenvalue weighted by atomic mass is 10.1. The van der Waals surface area contributed by atoms with Crippen molar-refractivity contribution in [2.45, 2.75) is 23.2 Å². The molecular weight excluding hydrogens is 247 g/mol. The van der Waals surface area contributed by atoms with E-state index in [0.717, 1.165) is 10.6 Å². The van der Waals surface area contributed by atoms with Crippen molar-refractivity contribution in [3.63, 3.8) is 0 Å². The summed E-state index contributed by atoms with van der Waals surface area (Å²) in [5, 5.41) is 0.889. The van der Waals surface area contributed by atoms with E-state index in [2.05, 4.69) is 4.98 Å². The molecule has 0 saturated carbocycles. The summed E-state index contributed by atoms with van der Waals surface area (Å²) in [6.45, 7) is 1.92. The molecule has 0 amide bonds. The number of nitrogens with two attached hydrogens (primary N) is 1. The molecule has 2 nitrogen and oxygen atoms in total. The molecule has 2 N–H and O–H groups in total. The normalized spacial score (nSPS) is 14.2. The van der Waals surface area contributed by atoms with Crippen molar-refractivity contribution in [1.82, 2.24) is 4.98 Å². The molecule has 0 fully saturated rings. The number of halogens is 1. The van der Waals surface area contributed by atoms with Gasteiger partial charge in [0.15, 0.2) is 0 Å². The molecule has 18 heavy (non-hydrogen) atoms. The second kappa shape index (κ2) is 5.98. The average molecular weight is 262 g/mol. The Labute approximate surface area is 110 Å². The van der Waals surface area contributed by atoms with Crippen molar-refractivity contribution in [2.75, 3.05) is 0 Å². The Hall–Kier alpha value is -1.39. The molecule has 0 radical (unpaired) electrons. The summed E-state index contributed by atoms with van der Waals surface area (Å²) < 4.78 is 13.3. The average Bonchev–Trinajstić information content (AvgIpc) is 2.37. The van der Waals surface area contributed by atoms with Crippen LogP contribution in [0.15, 0.2) is 53.7 Å². The molecule has 0 bridgehead atoms. The molecule has 0 aliphatic carbocycles. The Balaban J connectivity index is 2.24. The first-order chi connectivity index (χ1) is 8.66. The van der Waals surface area contributed by atoms with E-state index in [9.17, 15) is 4.39 Å². The highest BCUT2D eigenvalue weighted by Gasteiger charge is 2.18. The van der Waals surface area contributed by atoms with E-state index in [4.69, 9.17) is 5.73 Å². The van der Waals surface area contributed by atoms with Crippen LogP contribution < -0.4 is 5.73 Å². The van der Waals surface area contributed by atoms with E-state index < -0.39 is 0 Å². The number of rotatable bonds is 4. The first-order valence-corrected chi connectivity index (χ1v) is 6.63. The highest BCUT2D eigenvalue weighted by Crippen LogP contribution is 2.36. The van der Waals surface area contributed by atoms with Crippen LogP contribution in [0.2, 0.25) is 0 Å². The first-order valence-electron chi connectivity index (χ1n) is 5.75. The van der Waals surface area contributed by atoms with Gasteiger partial charge in [0.05, 0.1) is 10.3 Å². The van der Waals surface area contributed by atoms with Crippen LogP contribution >= 0.6 is 11.8 Å². The lowest BCUT2D eigenvalue weighted by Gasteiger charge is -2.20. The lowest BCUT2D eigenvalue weighted by Crippen LogP contribution is -2.22.